The number of aliphatic imine (C=N–C) groups is 1. The molecule has 2 N–H and O–H groups in total. The zero-order chi connectivity index (χ0) is 11.7. The Morgan fingerprint density at radius 1 is 1.18 bits per heavy atom. The molecule has 3 rings (SSSR count). The molecule has 0 aliphatic carbocycles. The van der Waals surface area contributed by atoms with Crippen molar-refractivity contribution in [2.75, 3.05) is 5.75 Å². The minimum atomic E-state index is 0.631. The molecule has 0 saturated carbocycles. The van der Waals surface area contributed by atoms with Crippen molar-refractivity contribution in [1.29, 1.82) is 0 Å². The normalized spacial score (nSPS) is 15.0. The second-order valence-electron chi connectivity index (χ2n) is 3.90. The summed E-state index contributed by atoms with van der Waals surface area (Å²) in [6, 6.07) is 12.4. The molecule has 0 saturated heterocycles. The predicted molar refractivity (Wildman–Crippen MR) is 71.3 cm³/mol. The Morgan fingerprint density at radius 3 is 2.94 bits per heavy atom. The summed E-state index contributed by atoms with van der Waals surface area (Å²) in [5, 5.41) is 11.4. The van der Waals surface area contributed by atoms with Crippen molar-refractivity contribution in [2.24, 2.45) is 4.99 Å². The van der Waals surface area contributed by atoms with Gasteiger partial charge in [0.2, 0.25) is 0 Å². The summed E-state index contributed by atoms with van der Waals surface area (Å²) in [7, 11) is 0. The van der Waals surface area contributed by atoms with Crippen LogP contribution < -0.4 is 5.48 Å². The molecule has 4 heteroatoms. The fraction of sp³-hybridized carbons (Fsp3) is 0.154. The average Bonchev–Trinajstić information content (AvgIpc) is 2.60. The summed E-state index contributed by atoms with van der Waals surface area (Å²) in [6.07, 6.45) is 0.754. The van der Waals surface area contributed by atoms with Crippen LogP contribution in [0.25, 0.3) is 10.8 Å². The van der Waals surface area contributed by atoms with E-state index in [0.29, 0.717) is 5.84 Å². The molecule has 0 spiro atoms. The first-order valence-corrected chi connectivity index (χ1v) is 6.49. The number of hydroxylamine groups is 1. The van der Waals surface area contributed by atoms with Crippen LogP contribution in [0.4, 0.5) is 5.69 Å². The van der Waals surface area contributed by atoms with Crippen molar-refractivity contribution in [1.82, 2.24) is 5.48 Å². The number of amidine groups is 1. The summed E-state index contributed by atoms with van der Waals surface area (Å²) < 4.78 is 0. The molecular formula is C13H12N2OS. The Hall–Kier alpha value is -1.52. The van der Waals surface area contributed by atoms with Gasteiger partial charge in [-0.3, -0.25) is 10.7 Å². The Labute approximate surface area is 104 Å². The van der Waals surface area contributed by atoms with E-state index in [4.69, 9.17) is 5.21 Å². The number of nitrogens with one attached hydrogen (secondary N) is 1. The van der Waals surface area contributed by atoms with Crippen molar-refractivity contribution >= 4 is 34.1 Å². The largest absolute Gasteiger partial charge is 0.290 e. The van der Waals surface area contributed by atoms with Gasteiger partial charge in [-0.15, -0.1) is 11.8 Å². The van der Waals surface area contributed by atoms with E-state index in [-0.39, 0.29) is 0 Å². The van der Waals surface area contributed by atoms with Crippen LogP contribution >= 0.6 is 11.8 Å². The van der Waals surface area contributed by atoms with Gasteiger partial charge in [0.05, 0.1) is 5.69 Å². The molecule has 0 unspecified atom stereocenters. The molecular weight excluding hydrogens is 232 g/mol. The van der Waals surface area contributed by atoms with E-state index in [9.17, 15) is 0 Å². The van der Waals surface area contributed by atoms with Gasteiger partial charge in [-0.05, 0) is 16.8 Å². The fourth-order valence-electron chi connectivity index (χ4n) is 2.00. The summed E-state index contributed by atoms with van der Waals surface area (Å²) in [4.78, 5) is 5.64. The molecule has 1 aliphatic rings. The highest BCUT2D eigenvalue weighted by molar-refractivity contribution is 7.99. The molecule has 1 aliphatic heterocycles. The quantitative estimate of drug-likeness (QED) is 0.698. The third kappa shape index (κ3) is 1.90. The molecule has 0 aromatic heterocycles. The van der Waals surface area contributed by atoms with Gasteiger partial charge < -0.3 is 0 Å². The molecule has 86 valence electrons. The number of hydrogen-bond donors (Lipinski definition) is 2. The smallest absolute Gasteiger partial charge is 0.127 e. The van der Waals surface area contributed by atoms with Crippen molar-refractivity contribution in [3.8, 4) is 0 Å². The maximum atomic E-state index is 8.96. The highest BCUT2D eigenvalue weighted by atomic mass is 32.2. The number of nitrogens with zero attached hydrogens (tertiary/aromatic N) is 1. The lowest BCUT2D eigenvalue weighted by atomic mass is 10.1. The van der Waals surface area contributed by atoms with Crippen LogP contribution in [0.3, 0.4) is 0 Å². The van der Waals surface area contributed by atoms with Crippen LogP contribution in [-0.2, 0) is 0 Å². The summed E-state index contributed by atoms with van der Waals surface area (Å²) >= 11 is 1.79. The number of thioether (sulfide) groups is 1. The molecule has 0 fully saturated rings. The van der Waals surface area contributed by atoms with Gasteiger partial charge in [-0.25, -0.2) is 4.99 Å². The summed E-state index contributed by atoms with van der Waals surface area (Å²) in [5.74, 6) is 1.56. The Kier molecular flexibility index (Phi) is 2.74. The zero-order valence-electron chi connectivity index (χ0n) is 9.18. The van der Waals surface area contributed by atoms with E-state index in [1.807, 2.05) is 18.2 Å². The van der Waals surface area contributed by atoms with E-state index in [1.54, 1.807) is 11.8 Å². The van der Waals surface area contributed by atoms with E-state index in [2.05, 4.69) is 28.7 Å². The highest BCUT2D eigenvalue weighted by Gasteiger charge is 2.12. The van der Waals surface area contributed by atoms with Crippen molar-refractivity contribution < 1.29 is 5.21 Å². The third-order valence-electron chi connectivity index (χ3n) is 2.83. The number of fused-ring (bicyclic) bond motifs is 3. The van der Waals surface area contributed by atoms with Crippen molar-refractivity contribution in [3.63, 3.8) is 0 Å². The molecule has 0 radical (unpaired) electrons. The Morgan fingerprint density at radius 2 is 2.06 bits per heavy atom. The number of hydrogen-bond acceptors (Lipinski definition) is 4. The molecule has 0 bridgehead atoms. The van der Waals surface area contributed by atoms with Crippen LogP contribution in [0.15, 0.2) is 46.3 Å². The van der Waals surface area contributed by atoms with Gasteiger partial charge in [0, 0.05) is 17.1 Å². The maximum Gasteiger partial charge on any atom is 0.127 e. The van der Waals surface area contributed by atoms with Crippen LogP contribution in [0.5, 0.6) is 0 Å². The lowest BCUT2D eigenvalue weighted by molar-refractivity contribution is 0.232. The lowest BCUT2D eigenvalue weighted by Gasteiger charge is -2.06. The fourth-order valence-corrected chi connectivity index (χ4v) is 3.11. The van der Waals surface area contributed by atoms with Gasteiger partial charge in [-0.1, -0.05) is 30.3 Å². The Bertz CT molecular complexity index is 595. The summed E-state index contributed by atoms with van der Waals surface area (Å²) in [5.41, 5.74) is 3.10. The van der Waals surface area contributed by atoms with E-state index < -0.39 is 0 Å². The van der Waals surface area contributed by atoms with Crippen LogP contribution in [0.2, 0.25) is 0 Å². The monoisotopic (exact) mass is 244 g/mol. The standard InChI is InChI=1S/C13H12N2OS/c16-15-12-7-8-17-13-10-4-2-1-3-9(10)5-6-11(13)14-12/h1-6,16H,7-8H2,(H,14,15). The molecule has 0 atom stereocenters. The average molecular weight is 244 g/mol. The summed E-state index contributed by atoms with van der Waals surface area (Å²) in [6.45, 7) is 0. The lowest BCUT2D eigenvalue weighted by Crippen LogP contribution is -2.18. The minimum Gasteiger partial charge on any atom is -0.290 e. The number of benzene rings is 2. The van der Waals surface area contributed by atoms with Crippen molar-refractivity contribution in [3.05, 3.63) is 36.4 Å². The van der Waals surface area contributed by atoms with Crippen LogP contribution in [-0.4, -0.2) is 16.8 Å². The zero-order valence-corrected chi connectivity index (χ0v) is 10.00. The van der Waals surface area contributed by atoms with Gasteiger partial charge in [0.1, 0.15) is 5.84 Å². The Balaban J connectivity index is 2.24. The second kappa shape index (κ2) is 4.39. The van der Waals surface area contributed by atoms with Crippen LogP contribution in [0.1, 0.15) is 6.42 Å². The topological polar surface area (TPSA) is 44.6 Å². The molecule has 17 heavy (non-hydrogen) atoms. The number of rotatable bonds is 0. The first-order chi connectivity index (χ1) is 8.38. The van der Waals surface area contributed by atoms with Gasteiger partial charge in [-0.2, -0.15) is 0 Å². The molecule has 3 nitrogen and oxygen atoms in total. The van der Waals surface area contributed by atoms with Crippen molar-refractivity contribution in [2.45, 2.75) is 11.3 Å². The minimum absolute atomic E-state index is 0.631. The van der Waals surface area contributed by atoms with E-state index >= 15 is 0 Å². The van der Waals surface area contributed by atoms with Gasteiger partial charge >= 0.3 is 0 Å². The molecule has 0 amide bonds. The SMILES string of the molecule is ONC1=Nc2ccc3ccccc3c2SCC1. The third-order valence-corrected chi connectivity index (χ3v) is 3.95. The highest BCUT2D eigenvalue weighted by Crippen LogP contribution is 2.38. The maximum absolute atomic E-state index is 8.96. The molecule has 1 heterocycles. The molecule has 2 aromatic carbocycles. The van der Waals surface area contributed by atoms with Gasteiger partial charge in [0.25, 0.3) is 0 Å². The second-order valence-corrected chi connectivity index (χ2v) is 5.01. The predicted octanol–water partition coefficient (Wildman–Crippen LogP) is 3.34. The first-order valence-electron chi connectivity index (χ1n) is 5.51. The van der Waals surface area contributed by atoms with E-state index in [0.717, 1.165) is 17.9 Å². The first kappa shape index (κ1) is 10.6. The van der Waals surface area contributed by atoms with E-state index in [1.165, 1.54) is 15.7 Å². The van der Waals surface area contributed by atoms with Gasteiger partial charge in [0.15, 0.2) is 0 Å². The molecule has 2 aromatic rings. The van der Waals surface area contributed by atoms with Crippen LogP contribution in [0, 0.1) is 0 Å².